The van der Waals surface area contributed by atoms with Crippen molar-refractivity contribution in [3.8, 4) is 0 Å². The van der Waals surface area contributed by atoms with E-state index < -0.39 is 17.5 Å². The Bertz CT molecular complexity index is 477. The van der Waals surface area contributed by atoms with E-state index in [9.17, 15) is 19.8 Å². The van der Waals surface area contributed by atoms with Gasteiger partial charge in [0.2, 0.25) is 0 Å². The Morgan fingerprint density at radius 2 is 1.52 bits per heavy atom. The number of carbonyl (C=O) groups is 2. The zero-order chi connectivity index (χ0) is 15.7. The highest BCUT2D eigenvalue weighted by atomic mass is 16.4. The molecule has 0 spiro atoms. The van der Waals surface area contributed by atoms with E-state index in [1.54, 1.807) is 0 Å². The molecule has 1 heterocycles. The van der Waals surface area contributed by atoms with Gasteiger partial charge in [0.25, 0.3) is 0 Å². The van der Waals surface area contributed by atoms with Crippen molar-refractivity contribution in [2.24, 2.45) is 0 Å². The van der Waals surface area contributed by atoms with Crippen molar-refractivity contribution in [3.05, 3.63) is 35.4 Å². The first kappa shape index (κ1) is 16.7. The van der Waals surface area contributed by atoms with Gasteiger partial charge in [0, 0.05) is 11.3 Å². The largest absolute Gasteiger partial charge is 0.545 e. The number of nitrogen functional groups attached to an aromatic ring is 1. The fourth-order valence-electron chi connectivity index (χ4n) is 1.86. The average Bonchev–Trinajstić information content (AvgIpc) is 2.48. The van der Waals surface area contributed by atoms with Crippen molar-refractivity contribution in [2.45, 2.75) is 19.3 Å². The number of rotatable bonds is 3. The van der Waals surface area contributed by atoms with Crippen LogP contribution in [0.3, 0.4) is 0 Å². The summed E-state index contributed by atoms with van der Waals surface area (Å²) in [5, 5.41) is 23.2. The molecule has 0 aromatic heterocycles. The van der Waals surface area contributed by atoms with Crippen LogP contribution < -0.4 is 21.3 Å². The van der Waals surface area contributed by atoms with Gasteiger partial charge in [-0.15, -0.1) is 0 Å². The monoisotopic (exact) mass is 291 g/mol. The second kappa shape index (κ2) is 8.76. The number of nitrogens with two attached hydrogens (primary N) is 2. The van der Waals surface area contributed by atoms with Crippen LogP contribution >= 0.6 is 0 Å². The van der Waals surface area contributed by atoms with Crippen LogP contribution in [0.25, 0.3) is 6.08 Å². The molecule has 1 aliphatic heterocycles. The van der Waals surface area contributed by atoms with Crippen LogP contribution in [0.4, 0.5) is 5.69 Å². The molecule has 1 saturated heterocycles. The van der Waals surface area contributed by atoms with Crippen LogP contribution in [0.15, 0.2) is 29.8 Å². The van der Waals surface area contributed by atoms with Gasteiger partial charge < -0.3 is 30.9 Å². The molecule has 21 heavy (non-hydrogen) atoms. The molecule has 0 unspecified atom stereocenters. The smallest absolute Gasteiger partial charge is 0.0755 e. The molecule has 4 N–H and O–H groups in total. The summed E-state index contributed by atoms with van der Waals surface area (Å²) in [7, 11) is 0. The van der Waals surface area contributed by atoms with Gasteiger partial charge in [-0.05, 0) is 43.0 Å². The van der Waals surface area contributed by atoms with E-state index in [-0.39, 0.29) is 0 Å². The lowest BCUT2D eigenvalue weighted by Crippen LogP contribution is -2.85. The van der Waals surface area contributed by atoms with Gasteiger partial charge in [-0.25, -0.2) is 0 Å². The molecule has 0 atom stereocenters. The third kappa shape index (κ3) is 6.58. The SMILES string of the molecule is C1CC[NH2+]CC1.Nc1ccc(C=C(C(=O)[O-])C(=O)[O-])cc1. The quantitative estimate of drug-likeness (QED) is 0.285. The minimum atomic E-state index is -1.79. The summed E-state index contributed by atoms with van der Waals surface area (Å²) in [4.78, 5) is 20.8. The van der Waals surface area contributed by atoms with Crippen LogP contribution in [-0.4, -0.2) is 25.0 Å². The number of carboxylic acids is 2. The number of aliphatic carboxylic acids is 2. The summed E-state index contributed by atoms with van der Waals surface area (Å²) < 4.78 is 0. The summed E-state index contributed by atoms with van der Waals surface area (Å²) in [6.45, 7) is 2.75. The molecule has 0 amide bonds. The molecule has 1 fully saturated rings. The number of hydrogen-bond acceptors (Lipinski definition) is 5. The fourth-order valence-corrected chi connectivity index (χ4v) is 1.86. The highest BCUT2D eigenvalue weighted by Gasteiger charge is 2.00. The fraction of sp³-hybridized carbons (Fsp3) is 0.333. The second-order valence-corrected chi connectivity index (χ2v) is 4.73. The average molecular weight is 291 g/mol. The lowest BCUT2D eigenvalue weighted by molar-refractivity contribution is -0.662. The molecule has 114 valence electrons. The third-order valence-corrected chi connectivity index (χ3v) is 3.00. The first-order valence-electron chi connectivity index (χ1n) is 6.82. The Morgan fingerprint density at radius 1 is 1.00 bits per heavy atom. The standard InChI is InChI=1S/C10H9NO4.C5H11N/c11-7-3-1-6(2-4-7)5-8(9(12)13)10(14)15;1-2-4-6-5-3-1/h1-5H,11H2,(H,12,13)(H,14,15);6H,1-5H2/p-1. The molecule has 0 radical (unpaired) electrons. The van der Waals surface area contributed by atoms with Gasteiger partial charge in [-0.2, -0.15) is 0 Å². The van der Waals surface area contributed by atoms with Crippen molar-refractivity contribution < 1.29 is 25.1 Å². The first-order valence-corrected chi connectivity index (χ1v) is 6.82. The van der Waals surface area contributed by atoms with Crippen LogP contribution in [0.5, 0.6) is 0 Å². The molecular weight excluding hydrogens is 272 g/mol. The Hall–Kier alpha value is -2.34. The zero-order valence-electron chi connectivity index (χ0n) is 11.7. The third-order valence-electron chi connectivity index (χ3n) is 3.00. The summed E-state index contributed by atoms with van der Waals surface area (Å²) in [5.74, 6) is -3.57. The Kier molecular flexibility index (Phi) is 6.97. The molecule has 0 aliphatic carbocycles. The highest BCUT2D eigenvalue weighted by molar-refractivity contribution is 6.14. The number of carbonyl (C=O) groups excluding carboxylic acids is 2. The zero-order valence-corrected chi connectivity index (χ0v) is 11.7. The summed E-state index contributed by atoms with van der Waals surface area (Å²) in [5.41, 5.74) is 5.39. The number of carboxylic acid groups (broad SMARTS) is 2. The lowest BCUT2D eigenvalue weighted by Gasteiger charge is -2.09. The van der Waals surface area contributed by atoms with E-state index in [4.69, 9.17) is 5.73 Å². The first-order chi connectivity index (χ1) is 10.0. The van der Waals surface area contributed by atoms with Gasteiger partial charge in [0.15, 0.2) is 0 Å². The maximum Gasteiger partial charge on any atom is 0.0755 e. The molecule has 2 rings (SSSR count). The molecule has 6 nitrogen and oxygen atoms in total. The topological polar surface area (TPSA) is 123 Å². The minimum Gasteiger partial charge on any atom is -0.545 e. The van der Waals surface area contributed by atoms with E-state index >= 15 is 0 Å². The van der Waals surface area contributed by atoms with Crippen molar-refractivity contribution in [3.63, 3.8) is 0 Å². The van der Waals surface area contributed by atoms with Gasteiger partial charge in [0.1, 0.15) is 0 Å². The van der Waals surface area contributed by atoms with Crippen LogP contribution in [0.1, 0.15) is 24.8 Å². The number of hydrogen-bond donors (Lipinski definition) is 2. The van der Waals surface area contributed by atoms with E-state index in [0.29, 0.717) is 11.3 Å². The number of piperidine rings is 1. The maximum atomic E-state index is 10.4. The molecule has 6 heteroatoms. The maximum absolute atomic E-state index is 10.4. The molecule has 0 bridgehead atoms. The van der Waals surface area contributed by atoms with Crippen molar-refractivity contribution in [1.29, 1.82) is 0 Å². The highest BCUT2D eigenvalue weighted by Crippen LogP contribution is 2.09. The number of anilines is 1. The summed E-state index contributed by atoms with van der Waals surface area (Å²) in [6.07, 6.45) is 5.31. The van der Waals surface area contributed by atoms with Gasteiger partial charge >= 0.3 is 0 Å². The van der Waals surface area contributed by atoms with Crippen LogP contribution in [0.2, 0.25) is 0 Å². The summed E-state index contributed by atoms with van der Waals surface area (Å²) >= 11 is 0. The van der Waals surface area contributed by atoms with E-state index in [1.807, 2.05) is 0 Å². The Morgan fingerprint density at radius 3 is 1.86 bits per heavy atom. The normalized spacial score (nSPS) is 13.5. The van der Waals surface area contributed by atoms with Crippen molar-refractivity contribution in [2.75, 3.05) is 18.8 Å². The van der Waals surface area contributed by atoms with Crippen LogP contribution in [-0.2, 0) is 9.59 Å². The predicted octanol–water partition coefficient (Wildman–Crippen LogP) is -2.11. The molecule has 1 aromatic rings. The van der Waals surface area contributed by atoms with Crippen molar-refractivity contribution >= 4 is 23.7 Å². The number of benzene rings is 1. The minimum absolute atomic E-state index is 0.396. The lowest BCUT2D eigenvalue weighted by atomic mass is 10.1. The van der Waals surface area contributed by atoms with Crippen molar-refractivity contribution in [1.82, 2.24) is 0 Å². The van der Waals surface area contributed by atoms with E-state index in [0.717, 1.165) is 6.08 Å². The second-order valence-electron chi connectivity index (χ2n) is 4.73. The summed E-state index contributed by atoms with van der Waals surface area (Å²) in [6, 6.07) is 6.02. The van der Waals surface area contributed by atoms with Crippen LogP contribution in [0, 0.1) is 0 Å². The van der Waals surface area contributed by atoms with E-state index in [1.165, 1.54) is 56.6 Å². The Labute approximate surface area is 123 Å². The molecule has 1 aromatic carbocycles. The molecule has 0 saturated carbocycles. The van der Waals surface area contributed by atoms with Gasteiger partial charge in [0.05, 0.1) is 25.0 Å². The molecule has 1 aliphatic rings. The van der Waals surface area contributed by atoms with Gasteiger partial charge in [-0.1, -0.05) is 12.1 Å². The van der Waals surface area contributed by atoms with E-state index in [2.05, 4.69) is 5.32 Å². The molecular formula is C15H19N2O4-. The van der Waals surface area contributed by atoms with Gasteiger partial charge in [-0.3, -0.25) is 0 Å². The number of quaternary nitrogens is 1. The Balaban J connectivity index is 0.000000304. The predicted molar refractivity (Wildman–Crippen MR) is 74.4 cm³/mol.